The molecule has 3 rings (SSSR count). The molecule has 0 aliphatic heterocycles. The molecule has 0 aliphatic rings. The van der Waals surface area contributed by atoms with Crippen molar-refractivity contribution >= 4 is 11.0 Å². The highest BCUT2D eigenvalue weighted by molar-refractivity contribution is 5.78. The lowest BCUT2D eigenvalue weighted by Gasteiger charge is -2.10. The minimum atomic E-state index is -0.270. The smallest absolute Gasteiger partial charge is 0.125 e. The second kappa shape index (κ2) is 5.30. The third kappa shape index (κ3) is 2.43. The minimum Gasteiger partial charge on any atom is -0.324 e. The first-order valence-corrected chi connectivity index (χ1v) is 6.96. The Kier molecular flexibility index (Phi) is 3.47. The summed E-state index contributed by atoms with van der Waals surface area (Å²) in [6, 6.07) is 12.3. The number of imidazole rings is 1. The Hall–Kier alpha value is -2.20. The molecule has 0 bridgehead atoms. The maximum absolute atomic E-state index is 13.4. The van der Waals surface area contributed by atoms with E-state index in [0.717, 1.165) is 29.0 Å². The second-order valence-corrected chi connectivity index (χ2v) is 5.05. The van der Waals surface area contributed by atoms with E-state index in [9.17, 15) is 4.39 Å². The first-order valence-electron chi connectivity index (χ1n) is 6.96. The van der Waals surface area contributed by atoms with Gasteiger partial charge in [0.15, 0.2) is 0 Å². The fourth-order valence-corrected chi connectivity index (χ4v) is 2.50. The van der Waals surface area contributed by atoms with Crippen LogP contribution >= 0.6 is 0 Å². The van der Waals surface area contributed by atoms with E-state index in [0.29, 0.717) is 5.52 Å². The molecule has 1 radical (unpaired) electrons. The molecule has 4 heteroatoms. The molecule has 0 saturated carbocycles. The van der Waals surface area contributed by atoms with Crippen LogP contribution in [0.4, 0.5) is 4.39 Å². The van der Waals surface area contributed by atoms with Crippen molar-refractivity contribution in [3.8, 4) is 5.69 Å². The van der Waals surface area contributed by atoms with Gasteiger partial charge in [-0.25, -0.2) is 9.37 Å². The number of halogens is 1. The largest absolute Gasteiger partial charge is 0.324 e. The summed E-state index contributed by atoms with van der Waals surface area (Å²) in [7, 11) is 0. The molecule has 1 aromatic heterocycles. The van der Waals surface area contributed by atoms with E-state index in [-0.39, 0.29) is 11.9 Å². The Morgan fingerprint density at radius 1 is 1.24 bits per heavy atom. The molecule has 0 saturated heterocycles. The lowest BCUT2D eigenvalue weighted by molar-refractivity contribution is 0.629. The van der Waals surface area contributed by atoms with Crippen molar-refractivity contribution in [1.29, 1.82) is 0 Å². The molecule has 2 N–H and O–H groups in total. The number of nitrogens with zero attached hydrogens (tertiary/aromatic N) is 2. The number of aromatic nitrogens is 2. The fraction of sp³-hybridized carbons (Fsp3) is 0.176. The van der Waals surface area contributed by atoms with Gasteiger partial charge in [-0.15, -0.1) is 0 Å². The number of nitrogens with two attached hydrogens (primary N) is 1. The van der Waals surface area contributed by atoms with Crippen LogP contribution in [0, 0.1) is 12.7 Å². The van der Waals surface area contributed by atoms with Gasteiger partial charge in [0.25, 0.3) is 0 Å². The van der Waals surface area contributed by atoms with E-state index >= 15 is 0 Å². The SMILES string of the molecule is [CH2]C(N)c1ccc(-n2c(CC)nc3cc(F)ccc32)cc1. The van der Waals surface area contributed by atoms with Crippen LogP contribution in [0.1, 0.15) is 24.4 Å². The van der Waals surface area contributed by atoms with Crippen LogP contribution in [-0.2, 0) is 6.42 Å². The molecule has 3 aromatic rings. The molecular weight excluding hydrogens is 265 g/mol. The summed E-state index contributed by atoms with van der Waals surface area (Å²) in [5.74, 6) is 0.635. The lowest BCUT2D eigenvalue weighted by Crippen LogP contribution is -2.06. The fourth-order valence-electron chi connectivity index (χ4n) is 2.50. The predicted octanol–water partition coefficient (Wildman–Crippen LogP) is 3.56. The molecule has 0 fully saturated rings. The summed E-state index contributed by atoms with van der Waals surface area (Å²) in [5.41, 5.74) is 9.32. The Morgan fingerprint density at radius 3 is 2.57 bits per heavy atom. The number of rotatable bonds is 3. The number of hydrogen-bond donors (Lipinski definition) is 1. The van der Waals surface area contributed by atoms with E-state index in [4.69, 9.17) is 5.73 Å². The van der Waals surface area contributed by atoms with E-state index in [1.54, 1.807) is 6.07 Å². The van der Waals surface area contributed by atoms with E-state index in [2.05, 4.69) is 11.9 Å². The molecule has 21 heavy (non-hydrogen) atoms. The standard InChI is InChI=1S/C17H17FN3/c1-3-17-20-15-10-13(18)6-9-16(15)21(17)14-7-4-12(5-8-14)11(2)19/h4-11H,2-3,19H2,1H3. The molecule has 2 aromatic carbocycles. The van der Waals surface area contributed by atoms with Gasteiger partial charge in [0.1, 0.15) is 11.6 Å². The zero-order chi connectivity index (χ0) is 15.0. The highest BCUT2D eigenvalue weighted by Gasteiger charge is 2.12. The minimum absolute atomic E-state index is 0.238. The third-order valence-corrected chi connectivity index (χ3v) is 3.58. The van der Waals surface area contributed by atoms with Crippen molar-refractivity contribution in [3.63, 3.8) is 0 Å². The van der Waals surface area contributed by atoms with E-state index in [1.807, 2.05) is 35.8 Å². The van der Waals surface area contributed by atoms with Crippen LogP contribution in [0.15, 0.2) is 42.5 Å². The van der Waals surface area contributed by atoms with Crippen molar-refractivity contribution < 1.29 is 4.39 Å². The van der Waals surface area contributed by atoms with Crippen molar-refractivity contribution in [2.75, 3.05) is 0 Å². The van der Waals surface area contributed by atoms with Crippen LogP contribution in [0.3, 0.4) is 0 Å². The maximum Gasteiger partial charge on any atom is 0.125 e. The lowest BCUT2D eigenvalue weighted by atomic mass is 10.1. The van der Waals surface area contributed by atoms with Crippen molar-refractivity contribution in [3.05, 3.63) is 66.6 Å². The summed E-state index contributed by atoms with van der Waals surface area (Å²) in [6.07, 6.45) is 0.771. The molecule has 0 amide bonds. The Morgan fingerprint density at radius 2 is 1.95 bits per heavy atom. The monoisotopic (exact) mass is 282 g/mol. The Labute approximate surface area is 123 Å². The molecule has 0 spiro atoms. The average Bonchev–Trinajstić information content (AvgIpc) is 2.84. The molecule has 3 nitrogen and oxygen atoms in total. The summed E-state index contributed by atoms with van der Waals surface area (Å²) in [4.78, 5) is 4.51. The topological polar surface area (TPSA) is 43.8 Å². The second-order valence-electron chi connectivity index (χ2n) is 5.05. The number of aryl methyl sites for hydroxylation is 1. The Bertz CT molecular complexity index is 773. The molecule has 107 valence electrons. The normalized spacial score (nSPS) is 12.8. The van der Waals surface area contributed by atoms with Gasteiger partial charge < -0.3 is 5.73 Å². The first-order chi connectivity index (χ1) is 10.1. The number of benzene rings is 2. The van der Waals surface area contributed by atoms with Gasteiger partial charge in [-0.2, -0.15) is 0 Å². The zero-order valence-corrected chi connectivity index (χ0v) is 11.9. The summed E-state index contributed by atoms with van der Waals surface area (Å²) in [5, 5.41) is 0. The van der Waals surface area contributed by atoms with Gasteiger partial charge in [0, 0.05) is 24.2 Å². The average molecular weight is 282 g/mol. The molecule has 1 heterocycles. The van der Waals surface area contributed by atoms with E-state index < -0.39 is 0 Å². The summed E-state index contributed by atoms with van der Waals surface area (Å²) in [6.45, 7) is 5.85. The van der Waals surface area contributed by atoms with Gasteiger partial charge in [-0.1, -0.05) is 19.1 Å². The van der Waals surface area contributed by atoms with Crippen molar-refractivity contribution in [2.45, 2.75) is 19.4 Å². The first kappa shape index (κ1) is 13.8. The van der Waals surface area contributed by atoms with E-state index in [1.165, 1.54) is 12.1 Å². The number of hydrogen-bond acceptors (Lipinski definition) is 2. The summed E-state index contributed by atoms with van der Waals surface area (Å²) >= 11 is 0. The highest BCUT2D eigenvalue weighted by Crippen LogP contribution is 2.23. The van der Waals surface area contributed by atoms with Crippen LogP contribution in [0.2, 0.25) is 0 Å². The predicted molar refractivity (Wildman–Crippen MR) is 82.7 cm³/mol. The van der Waals surface area contributed by atoms with Gasteiger partial charge in [-0.05, 0) is 36.8 Å². The number of fused-ring (bicyclic) bond motifs is 1. The molecule has 1 atom stereocenters. The summed E-state index contributed by atoms with van der Waals surface area (Å²) < 4.78 is 15.4. The molecule has 0 aliphatic carbocycles. The maximum atomic E-state index is 13.4. The van der Waals surface area contributed by atoms with Crippen molar-refractivity contribution in [2.24, 2.45) is 5.73 Å². The van der Waals surface area contributed by atoms with Crippen LogP contribution in [0.25, 0.3) is 16.7 Å². The van der Waals surface area contributed by atoms with Crippen molar-refractivity contribution in [1.82, 2.24) is 9.55 Å². The molecule has 1 unspecified atom stereocenters. The van der Waals surface area contributed by atoms with Gasteiger partial charge in [-0.3, -0.25) is 4.57 Å². The van der Waals surface area contributed by atoms with Crippen LogP contribution in [-0.4, -0.2) is 9.55 Å². The van der Waals surface area contributed by atoms with Crippen LogP contribution < -0.4 is 5.73 Å². The zero-order valence-electron chi connectivity index (χ0n) is 11.9. The third-order valence-electron chi connectivity index (χ3n) is 3.58. The quantitative estimate of drug-likeness (QED) is 0.798. The highest BCUT2D eigenvalue weighted by atomic mass is 19.1. The Balaban J connectivity index is 2.18. The molecular formula is C17H17FN3. The van der Waals surface area contributed by atoms with Crippen LogP contribution in [0.5, 0.6) is 0 Å². The van der Waals surface area contributed by atoms with Gasteiger partial charge in [0.05, 0.1) is 11.0 Å². The van der Waals surface area contributed by atoms with Gasteiger partial charge in [0.2, 0.25) is 0 Å². The van der Waals surface area contributed by atoms with Gasteiger partial charge >= 0.3 is 0 Å².